The van der Waals surface area contributed by atoms with Crippen LogP contribution in [0.1, 0.15) is 0 Å². The second-order valence-corrected chi connectivity index (χ2v) is 6.72. The van der Waals surface area contributed by atoms with Crippen molar-refractivity contribution >= 4 is 56.3 Å². The highest BCUT2D eigenvalue weighted by molar-refractivity contribution is 7.92. The molecule has 0 aliphatic rings. The van der Waals surface area contributed by atoms with E-state index >= 15 is 0 Å². The van der Waals surface area contributed by atoms with Gasteiger partial charge in [0.05, 0.1) is 27.1 Å². The van der Waals surface area contributed by atoms with Crippen molar-refractivity contribution in [2.75, 3.05) is 10.5 Å². The zero-order valence-corrected chi connectivity index (χ0v) is 13.1. The molecule has 0 amide bonds. The van der Waals surface area contributed by atoms with Gasteiger partial charge >= 0.3 is 0 Å². The molecule has 1 aromatic carbocycles. The zero-order chi connectivity index (χ0) is 15.1. The van der Waals surface area contributed by atoms with Crippen LogP contribution in [0.4, 0.5) is 11.5 Å². The molecule has 1 heterocycles. The summed E-state index contributed by atoms with van der Waals surface area (Å²) in [5.41, 5.74) is 5.64. The van der Waals surface area contributed by atoms with Crippen molar-refractivity contribution in [3.8, 4) is 0 Å². The Kier molecular flexibility index (Phi) is 4.06. The first-order valence-corrected chi connectivity index (χ1v) is 7.78. The number of hydrogen-bond acceptors (Lipinski definition) is 4. The van der Waals surface area contributed by atoms with Gasteiger partial charge in [-0.3, -0.25) is 4.72 Å². The summed E-state index contributed by atoms with van der Waals surface area (Å²) in [5.74, 6) is -0.115. The highest BCUT2D eigenvalue weighted by Gasteiger charge is 2.23. The van der Waals surface area contributed by atoms with Gasteiger partial charge in [0, 0.05) is 7.05 Å². The SMILES string of the molecule is Cn1cnc(N)c1S(=O)(=O)Nc1cc(Cl)c(Cl)cc1Cl. The summed E-state index contributed by atoms with van der Waals surface area (Å²) < 4.78 is 28.1. The quantitative estimate of drug-likeness (QED) is 0.828. The van der Waals surface area contributed by atoms with Crippen LogP contribution >= 0.6 is 34.8 Å². The molecule has 0 spiro atoms. The Morgan fingerprint density at radius 3 is 2.35 bits per heavy atom. The Labute approximate surface area is 130 Å². The Hall–Kier alpha value is -1.15. The highest BCUT2D eigenvalue weighted by atomic mass is 35.5. The molecular formula is C10H9Cl3N4O2S. The first kappa shape index (κ1) is 15.2. The van der Waals surface area contributed by atoms with E-state index < -0.39 is 10.0 Å². The summed E-state index contributed by atoms with van der Waals surface area (Å²) in [5, 5.41) is 0.342. The van der Waals surface area contributed by atoms with Crippen molar-refractivity contribution < 1.29 is 8.42 Å². The van der Waals surface area contributed by atoms with Crippen LogP contribution in [0.5, 0.6) is 0 Å². The predicted molar refractivity (Wildman–Crippen MR) is 79.9 cm³/mol. The number of nitrogens with two attached hydrogens (primary N) is 1. The standard InChI is InChI=1S/C10H9Cl3N4O2S/c1-17-4-15-9(14)10(17)20(18,19)16-8-3-6(12)5(11)2-7(8)13/h2-4,16H,14H2,1H3. The number of nitrogen functional groups attached to an aromatic ring is 1. The molecule has 108 valence electrons. The molecule has 10 heteroatoms. The summed E-state index contributed by atoms with van der Waals surface area (Å²) in [6, 6.07) is 2.66. The van der Waals surface area contributed by atoms with E-state index in [1.54, 1.807) is 0 Å². The maximum Gasteiger partial charge on any atom is 0.281 e. The molecule has 0 bridgehead atoms. The van der Waals surface area contributed by atoms with Crippen LogP contribution in [0.15, 0.2) is 23.5 Å². The molecule has 0 radical (unpaired) electrons. The van der Waals surface area contributed by atoms with E-state index in [-0.39, 0.29) is 31.6 Å². The first-order valence-electron chi connectivity index (χ1n) is 5.16. The fourth-order valence-corrected chi connectivity index (χ4v) is 3.52. The van der Waals surface area contributed by atoms with E-state index in [0.717, 1.165) is 0 Å². The molecule has 2 rings (SSSR count). The second kappa shape index (κ2) is 5.33. The van der Waals surface area contributed by atoms with Crippen molar-refractivity contribution in [3.05, 3.63) is 33.5 Å². The second-order valence-electron chi connectivity index (χ2n) is 3.90. The van der Waals surface area contributed by atoms with E-state index in [1.165, 1.54) is 30.1 Å². The van der Waals surface area contributed by atoms with Crippen LogP contribution < -0.4 is 10.5 Å². The van der Waals surface area contributed by atoms with Crippen molar-refractivity contribution in [3.63, 3.8) is 0 Å². The van der Waals surface area contributed by atoms with Crippen molar-refractivity contribution in [2.45, 2.75) is 5.03 Å². The molecule has 3 N–H and O–H groups in total. The normalized spacial score (nSPS) is 11.6. The van der Waals surface area contributed by atoms with Crippen LogP contribution in [-0.2, 0) is 17.1 Å². The van der Waals surface area contributed by atoms with E-state index in [9.17, 15) is 8.42 Å². The molecule has 0 aliphatic carbocycles. The van der Waals surface area contributed by atoms with Gasteiger partial charge in [0.25, 0.3) is 10.0 Å². The number of nitrogens with one attached hydrogen (secondary N) is 1. The number of imidazole rings is 1. The number of halogens is 3. The highest BCUT2D eigenvalue weighted by Crippen LogP contribution is 2.33. The number of rotatable bonds is 3. The number of anilines is 2. The average Bonchev–Trinajstić information content (AvgIpc) is 2.66. The largest absolute Gasteiger partial charge is 0.381 e. The van der Waals surface area contributed by atoms with Crippen LogP contribution in [0.2, 0.25) is 15.1 Å². The number of aromatic nitrogens is 2. The van der Waals surface area contributed by atoms with Gasteiger partial charge in [0.1, 0.15) is 0 Å². The first-order chi connectivity index (χ1) is 9.22. The zero-order valence-electron chi connectivity index (χ0n) is 10.1. The van der Waals surface area contributed by atoms with Gasteiger partial charge < -0.3 is 10.3 Å². The van der Waals surface area contributed by atoms with Crippen LogP contribution in [0.25, 0.3) is 0 Å². The fraction of sp³-hybridized carbons (Fsp3) is 0.100. The van der Waals surface area contributed by atoms with Gasteiger partial charge in [0.15, 0.2) is 10.8 Å². The predicted octanol–water partition coefficient (Wildman–Crippen LogP) is 2.76. The summed E-state index contributed by atoms with van der Waals surface area (Å²) in [7, 11) is -2.44. The molecule has 20 heavy (non-hydrogen) atoms. The van der Waals surface area contributed by atoms with Crippen LogP contribution in [-0.4, -0.2) is 18.0 Å². The maximum atomic E-state index is 12.3. The molecule has 2 aromatic rings. The van der Waals surface area contributed by atoms with Crippen molar-refractivity contribution in [2.24, 2.45) is 7.05 Å². The van der Waals surface area contributed by atoms with Crippen LogP contribution in [0.3, 0.4) is 0 Å². The Balaban J connectivity index is 2.47. The van der Waals surface area contributed by atoms with E-state index in [2.05, 4.69) is 9.71 Å². The topological polar surface area (TPSA) is 90.0 Å². The minimum Gasteiger partial charge on any atom is -0.381 e. The molecule has 0 saturated heterocycles. The summed E-state index contributed by atoms with van der Waals surface area (Å²) >= 11 is 17.5. The van der Waals surface area contributed by atoms with Gasteiger partial charge in [-0.1, -0.05) is 34.8 Å². The van der Waals surface area contributed by atoms with E-state index in [1.807, 2.05) is 0 Å². The lowest BCUT2D eigenvalue weighted by molar-refractivity contribution is 0.592. The molecule has 1 aromatic heterocycles. The molecule has 0 unspecified atom stereocenters. The molecule has 0 fully saturated rings. The third-order valence-corrected chi connectivity index (χ3v) is 4.95. The van der Waals surface area contributed by atoms with Crippen LogP contribution in [0, 0.1) is 0 Å². The lowest BCUT2D eigenvalue weighted by atomic mass is 10.3. The summed E-state index contributed by atoms with van der Waals surface area (Å²) in [6.07, 6.45) is 1.29. The number of aryl methyl sites for hydroxylation is 1. The molecule has 6 nitrogen and oxygen atoms in total. The number of sulfonamides is 1. The van der Waals surface area contributed by atoms with E-state index in [0.29, 0.717) is 0 Å². The summed E-state index contributed by atoms with van der Waals surface area (Å²) in [6.45, 7) is 0. The van der Waals surface area contributed by atoms with Crippen molar-refractivity contribution in [1.29, 1.82) is 0 Å². The number of nitrogens with zero attached hydrogens (tertiary/aromatic N) is 2. The lowest BCUT2D eigenvalue weighted by Crippen LogP contribution is -2.17. The Morgan fingerprint density at radius 1 is 1.20 bits per heavy atom. The van der Waals surface area contributed by atoms with Gasteiger partial charge in [-0.15, -0.1) is 0 Å². The molecule has 0 aliphatic heterocycles. The molecular weight excluding hydrogens is 347 g/mol. The minimum atomic E-state index is -3.94. The number of hydrogen-bond donors (Lipinski definition) is 2. The monoisotopic (exact) mass is 354 g/mol. The smallest absolute Gasteiger partial charge is 0.281 e. The fourth-order valence-electron chi connectivity index (χ4n) is 1.56. The third kappa shape index (κ3) is 2.80. The van der Waals surface area contributed by atoms with E-state index in [4.69, 9.17) is 40.5 Å². The number of benzene rings is 1. The van der Waals surface area contributed by atoms with Gasteiger partial charge in [-0.05, 0) is 12.1 Å². The third-order valence-electron chi connectivity index (χ3n) is 2.42. The van der Waals surface area contributed by atoms with Gasteiger partial charge in [-0.25, -0.2) is 4.98 Å². The Morgan fingerprint density at radius 2 is 1.80 bits per heavy atom. The van der Waals surface area contributed by atoms with Crippen molar-refractivity contribution in [1.82, 2.24) is 9.55 Å². The average molecular weight is 356 g/mol. The summed E-state index contributed by atoms with van der Waals surface area (Å²) in [4.78, 5) is 3.72. The maximum absolute atomic E-state index is 12.3. The lowest BCUT2D eigenvalue weighted by Gasteiger charge is -2.11. The molecule has 0 atom stereocenters. The van der Waals surface area contributed by atoms with Gasteiger partial charge in [0.2, 0.25) is 0 Å². The minimum absolute atomic E-state index is 0.0988. The van der Waals surface area contributed by atoms with Gasteiger partial charge in [-0.2, -0.15) is 8.42 Å². The Bertz CT molecular complexity index is 754. The molecule has 0 saturated carbocycles.